The summed E-state index contributed by atoms with van der Waals surface area (Å²) >= 11 is 2.81. The third-order valence-corrected chi connectivity index (χ3v) is 7.11. The van der Waals surface area contributed by atoms with Gasteiger partial charge in [0.05, 0.1) is 17.0 Å². The SMILES string of the molecule is Cc1ccc(-c2cc(C)nc(SCC(=O)Nc3sc4c(c3C#N)CCN(C)C4)n2)cc1. The van der Waals surface area contributed by atoms with Crippen LogP contribution >= 0.6 is 23.1 Å². The van der Waals surface area contributed by atoms with Crippen molar-refractivity contribution in [1.29, 1.82) is 5.26 Å². The normalized spacial score (nSPS) is 13.5. The van der Waals surface area contributed by atoms with Gasteiger partial charge in [0.15, 0.2) is 5.16 Å². The summed E-state index contributed by atoms with van der Waals surface area (Å²) in [5.41, 5.74) is 5.61. The van der Waals surface area contributed by atoms with Crippen molar-refractivity contribution in [2.45, 2.75) is 32.0 Å². The van der Waals surface area contributed by atoms with Gasteiger partial charge in [0.1, 0.15) is 11.1 Å². The van der Waals surface area contributed by atoms with Gasteiger partial charge in [-0.3, -0.25) is 4.79 Å². The minimum atomic E-state index is -0.157. The van der Waals surface area contributed by atoms with E-state index in [-0.39, 0.29) is 11.7 Å². The Hall–Kier alpha value is -2.73. The number of aromatic nitrogens is 2. The first-order chi connectivity index (χ1) is 14.9. The lowest BCUT2D eigenvalue weighted by Gasteiger charge is -2.21. The summed E-state index contributed by atoms with van der Waals surface area (Å²) in [6, 6.07) is 12.4. The average molecular weight is 450 g/mol. The number of nitriles is 1. The van der Waals surface area contributed by atoms with E-state index in [0.29, 0.717) is 15.7 Å². The zero-order chi connectivity index (χ0) is 22.0. The maximum atomic E-state index is 12.6. The van der Waals surface area contributed by atoms with Crippen LogP contribution in [0.15, 0.2) is 35.5 Å². The highest BCUT2D eigenvalue weighted by Crippen LogP contribution is 2.36. The van der Waals surface area contributed by atoms with Gasteiger partial charge in [0.2, 0.25) is 5.91 Å². The highest BCUT2D eigenvalue weighted by atomic mass is 32.2. The Labute approximate surface area is 190 Å². The fourth-order valence-corrected chi connectivity index (χ4v) is 5.51. The number of fused-ring (bicyclic) bond motifs is 1. The molecule has 0 atom stereocenters. The van der Waals surface area contributed by atoms with Crippen LogP contribution in [-0.4, -0.2) is 40.1 Å². The first-order valence-corrected chi connectivity index (χ1v) is 11.8. The zero-order valence-electron chi connectivity index (χ0n) is 17.7. The molecule has 1 amide bonds. The minimum absolute atomic E-state index is 0.157. The number of nitrogens with one attached hydrogen (secondary N) is 1. The molecule has 1 aliphatic heterocycles. The van der Waals surface area contributed by atoms with Crippen molar-refractivity contribution in [1.82, 2.24) is 14.9 Å². The second kappa shape index (κ2) is 9.18. The van der Waals surface area contributed by atoms with Gasteiger partial charge < -0.3 is 10.2 Å². The van der Waals surface area contributed by atoms with E-state index in [1.807, 2.05) is 25.1 Å². The van der Waals surface area contributed by atoms with Crippen LogP contribution in [0.4, 0.5) is 5.00 Å². The van der Waals surface area contributed by atoms with E-state index in [9.17, 15) is 10.1 Å². The topological polar surface area (TPSA) is 81.9 Å². The number of amides is 1. The summed E-state index contributed by atoms with van der Waals surface area (Å²) in [6.07, 6.45) is 0.842. The number of carbonyl (C=O) groups excluding carboxylic acids is 1. The Bertz CT molecular complexity index is 1160. The van der Waals surface area contributed by atoms with Crippen LogP contribution in [0.25, 0.3) is 11.3 Å². The number of hydrogen-bond acceptors (Lipinski definition) is 7. The monoisotopic (exact) mass is 449 g/mol. The molecule has 0 fully saturated rings. The molecule has 1 N–H and O–H groups in total. The first kappa shape index (κ1) is 21.5. The lowest BCUT2D eigenvalue weighted by Crippen LogP contribution is -2.25. The highest BCUT2D eigenvalue weighted by Gasteiger charge is 2.23. The van der Waals surface area contributed by atoms with Crippen molar-refractivity contribution < 1.29 is 4.79 Å². The number of hydrogen-bond donors (Lipinski definition) is 1. The highest BCUT2D eigenvalue weighted by molar-refractivity contribution is 7.99. The van der Waals surface area contributed by atoms with Gasteiger partial charge in [0, 0.05) is 29.2 Å². The molecule has 31 heavy (non-hydrogen) atoms. The molecule has 1 aromatic carbocycles. The van der Waals surface area contributed by atoms with Crippen molar-refractivity contribution in [2.75, 3.05) is 24.7 Å². The number of aryl methyl sites for hydroxylation is 2. The molecular formula is C23H23N5OS2. The van der Waals surface area contributed by atoms with Gasteiger partial charge in [-0.2, -0.15) is 5.26 Å². The molecule has 158 valence electrons. The second-order valence-corrected chi connectivity index (χ2v) is 9.74. The standard InChI is InChI=1S/C23H23N5OS2/c1-14-4-6-16(7-5-14)19-10-15(2)25-23(26-19)30-13-21(29)27-22-18(11-24)17-8-9-28(3)12-20(17)31-22/h4-7,10H,8-9,12-13H2,1-3H3,(H,27,29). The lowest BCUT2D eigenvalue weighted by atomic mass is 10.0. The predicted octanol–water partition coefficient (Wildman–Crippen LogP) is 4.41. The van der Waals surface area contributed by atoms with Crippen molar-refractivity contribution in [3.63, 3.8) is 0 Å². The molecule has 2 aromatic heterocycles. The van der Waals surface area contributed by atoms with Gasteiger partial charge in [0.25, 0.3) is 0 Å². The summed E-state index contributed by atoms with van der Waals surface area (Å²) in [5, 5.41) is 13.8. The number of thioether (sulfide) groups is 1. The fourth-order valence-electron chi connectivity index (χ4n) is 3.51. The number of likely N-dealkylation sites (N-methyl/N-ethyl adjacent to an activating group) is 1. The quantitative estimate of drug-likeness (QED) is 0.459. The Morgan fingerprint density at radius 1 is 1.29 bits per heavy atom. The molecule has 3 heterocycles. The van der Waals surface area contributed by atoms with E-state index in [4.69, 9.17) is 0 Å². The summed E-state index contributed by atoms with van der Waals surface area (Å²) in [5.74, 6) is 0.0277. The molecule has 6 nitrogen and oxygen atoms in total. The van der Waals surface area contributed by atoms with Gasteiger partial charge in [-0.15, -0.1) is 11.3 Å². The third kappa shape index (κ3) is 4.96. The summed E-state index contributed by atoms with van der Waals surface area (Å²) in [7, 11) is 2.07. The maximum Gasteiger partial charge on any atom is 0.235 e. The number of thiophene rings is 1. The van der Waals surface area contributed by atoms with Gasteiger partial charge in [-0.05, 0) is 38.9 Å². The van der Waals surface area contributed by atoms with E-state index >= 15 is 0 Å². The molecule has 0 bridgehead atoms. The van der Waals surface area contributed by atoms with Crippen LogP contribution in [-0.2, 0) is 17.8 Å². The van der Waals surface area contributed by atoms with E-state index in [2.05, 4.69) is 52.4 Å². The van der Waals surface area contributed by atoms with E-state index < -0.39 is 0 Å². The molecule has 0 saturated heterocycles. The maximum absolute atomic E-state index is 12.6. The average Bonchev–Trinajstić information content (AvgIpc) is 3.08. The van der Waals surface area contributed by atoms with Crippen molar-refractivity contribution in [3.05, 3.63) is 57.6 Å². The van der Waals surface area contributed by atoms with Crippen molar-refractivity contribution in [3.8, 4) is 17.3 Å². The van der Waals surface area contributed by atoms with Crippen LogP contribution in [0.2, 0.25) is 0 Å². The molecule has 0 radical (unpaired) electrons. The van der Waals surface area contributed by atoms with Crippen LogP contribution in [0.3, 0.4) is 0 Å². The molecule has 4 rings (SSSR count). The number of anilines is 1. The van der Waals surface area contributed by atoms with Gasteiger partial charge in [-0.1, -0.05) is 41.6 Å². The van der Waals surface area contributed by atoms with Crippen molar-refractivity contribution in [2.24, 2.45) is 0 Å². The molecule has 1 aliphatic rings. The first-order valence-electron chi connectivity index (χ1n) is 10.0. The molecule has 0 spiro atoms. The van der Waals surface area contributed by atoms with Crippen LogP contribution < -0.4 is 5.32 Å². The van der Waals surface area contributed by atoms with Gasteiger partial charge >= 0.3 is 0 Å². The Morgan fingerprint density at radius 2 is 2.06 bits per heavy atom. The Balaban J connectivity index is 1.45. The van der Waals surface area contributed by atoms with Crippen LogP contribution in [0.5, 0.6) is 0 Å². The number of benzene rings is 1. The molecule has 0 saturated carbocycles. The van der Waals surface area contributed by atoms with E-state index in [0.717, 1.165) is 46.9 Å². The Morgan fingerprint density at radius 3 is 2.81 bits per heavy atom. The number of rotatable bonds is 5. The number of nitrogens with zero attached hydrogens (tertiary/aromatic N) is 4. The smallest absolute Gasteiger partial charge is 0.235 e. The molecule has 3 aromatic rings. The summed E-state index contributed by atoms with van der Waals surface area (Å²) in [4.78, 5) is 25.1. The number of carbonyl (C=O) groups is 1. The summed E-state index contributed by atoms with van der Waals surface area (Å²) < 4.78 is 0. The van der Waals surface area contributed by atoms with Crippen LogP contribution in [0.1, 0.15) is 27.3 Å². The second-order valence-electron chi connectivity index (χ2n) is 7.69. The molecular weight excluding hydrogens is 426 g/mol. The molecule has 0 unspecified atom stereocenters. The van der Waals surface area contributed by atoms with Gasteiger partial charge in [-0.25, -0.2) is 9.97 Å². The van der Waals surface area contributed by atoms with E-state index in [1.165, 1.54) is 28.7 Å². The fraction of sp³-hybridized carbons (Fsp3) is 0.304. The van der Waals surface area contributed by atoms with E-state index in [1.54, 1.807) is 0 Å². The summed E-state index contributed by atoms with van der Waals surface area (Å²) in [6.45, 7) is 5.72. The predicted molar refractivity (Wildman–Crippen MR) is 125 cm³/mol. The zero-order valence-corrected chi connectivity index (χ0v) is 19.4. The molecule has 0 aliphatic carbocycles. The molecule has 8 heteroatoms. The third-order valence-electron chi connectivity index (χ3n) is 5.13. The lowest BCUT2D eigenvalue weighted by molar-refractivity contribution is -0.113. The largest absolute Gasteiger partial charge is 0.316 e. The minimum Gasteiger partial charge on any atom is -0.316 e. The van der Waals surface area contributed by atoms with Crippen molar-refractivity contribution >= 4 is 34.0 Å². The Kier molecular flexibility index (Phi) is 6.37. The van der Waals surface area contributed by atoms with Crippen LogP contribution in [0, 0.1) is 25.2 Å².